The third-order valence-corrected chi connectivity index (χ3v) is 6.93. The van der Waals surface area contributed by atoms with Crippen LogP contribution in [0.3, 0.4) is 0 Å². The summed E-state index contributed by atoms with van der Waals surface area (Å²) >= 11 is 1.74. The Morgan fingerprint density at radius 2 is 2.00 bits per heavy atom. The Kier molecular flexibility index (Phi) is 5.74. The molecule has 0 bridgehead atoms. The molecular weight excluding hydrogens is 482 g/mol. The minimum atomic E-state index is 0.618. The van der Waals surface area contributed by atoms with Crippen molar-refractivity contribution in [3.05, 3.63) is 72.1 Å². The molecule has 9 nitrogen and oxygen atoms in total. The number of aromatic amines is 2. The van der Waals surface area contributed by atoms with E-state index in [9.17, 15) is 0 Å². The molecule has 6 aromatic heterocycles. The third-order valence-electron chi connectivity index (χ3n) is 5.89. The second-order valence-corrected chi connectivity index (χ2v) is 10.4. The molecule has 6 heterocycles. The summed E-state index contributed by atoms with van der Waals surface area (Å²) in [5, 5.41) is 10.9. The summed E-state index contributed by atoms with van der Waals surface area (Å²) < 4.78 is 0. The average Bonchev–Trinajstić information content (AvgIpc) is 3.60. The van der Waals surface area contributed by atoms with Crippen LogP contribution in [0.4, 0.5) is 5.69 Å². The van der Waals surface area contributed by atoms with E-state index in [0.717, 1.165) is 51.3 Å². The Bertz CT molecular complexity index is 1760. The van der Waals surface area contributed by atoms with Gasteiger partial charge in [0, 0.05) is 45.5 Å². The molecule has 0 saturated carbocycles. The van der Waals surface area contributed by atoms with Gasteiger partial charge in [-0.2, -0.15) is 5.10 Å². The van der Waals surface area contributed by atoms with Gasteiger partial charge in [-0.3, -0.25) is 10.1 Å². The second-order valence-electron chi connectivity index (χ2n) is 9.15. The number of pyridine rings is 3. The first-order chi connectivity index (χ1) is 17.9. The number of aryl methyl sites for hydroxylation is 1. The van der Waals surface area contributed by atoms with Crippen molar-refractivity contribution in [3.63, 3.8) is 0 Å². The Labute approximate surface area is 217 Å². The summed E-state index contributed by atoms with van der Waals surface area (Å²) in [5.41, 5.74) is 8.21. The van der Waals surface area contributed by atoms with Gasteiger partial charge in [0.1, 0.15) is 5.52 Å². The van der Waals surface area contributed by atoms with Gasteiger partial charge >= 0.3 is 0 Å². The summed E-state index contributed by atoms with van der Waals surface area (Å²) in [6.07, 6.45) is 5.37. The van der Waals surface area contributed by atoms with E-state index in [4.69, 9.17) is 9.97 Å². The van der Waals surface area contributed by atoms with Crippen LogP contribution in [0.15, 0.2) is 67.3 Å². The molecule has 0 aliphatic rings. The number of likely N-dealkylation sites (N-methyl/N-ethyl adjacent to an activating group) is 1. The second kappa shape index (κ2) is 9.23. The largest absolute Gasteiger partial charge is 0.357 e. The number of nitrogens with zero attached hydrogens (tertiary/aromatic N) is 6. The molecule has 3 N–H and O–H groups in total. The molecule has 0 aliphatic heterocycles. The molecule has 0 unspecified atom stereocenters. The van der Waals surface area contributed by atoms with Crippen molar-refractivity contribution in [3.8, 4) is 33.2 Å². The number of rotatable bonds is 7. The fourth-order valence-corrected chi connectivity index (χ4v) is 5.21. The first-order valence-corrected chi connectivity index (χ1v) is 12.6. The highest BCUT2D eigenvalue weighted by Crippen LogP contribution is 2.34. The van der Waals surface area contributed by atoms with Crippen molar-refractivity contribution >= 4 is 39.2 Å². The number of anilines is 1. The summed E-state index contributed by atoms with van der Waals surface area (Å²) in [4.78, 5) is 26.5. The van der Waals surface area contributed by atoms with E-state index in [1.807, 2.05) is 38.4 Å². The topological polar surface area (TPSA) is 111 Å². The fraction of sp³-hybridized carbons (Fsp3) is 0.148. The van der Waals surface area contributed by atoms with Gasteiger partial charge in [0.25, 0.3) is 0 Å². The number of aromatic nitrogens is 7. The lowest BCUT2D eigenvalue weighted by Crippen LogP contribution is -2.18. The van der Waals surface area contributed by atoms with Gasteiger partial charge in [-0.1, -0.05) is 6.58 Å². The van der Waals surface area contributed by atoms with Crippen molar-refractivity contribution in [2.45, 2.75) is 6.92 Å². The van der Waals surface area contributed by atoms with Crippen LogP contribution in [0.25, 0.3) is 55.4 Å². The van der Waals surface area contributed by atoms with Gasteiger partial charge in [-0.25, -0.2) is 15.0 Å². The minimum Gasteiger partial charge on any atom is -0.357 e. The first-order valence-electron chi connectivity index (χ1n) is 11.8. The Morgan fingerprint density at radius 1 is 1.11 bits per heavy atom. The van der Waals surface area contributed by atoms with Gasteiger partial charge < -0.3 is 15.2 Å². The van der Waals surface area contributed by atoms with Crippen molar-refractivity contribution < 1.29 is 0 Å². The number of hydrogen-bond acceptors (Lipinski definition) is 8. The van der Waals surface area contributed by atoms with Crippen LogP contribution in [0.2, 0.25) is 0 Å². The van der Waals surface area contributed by atoms with E-state index in [2.05, 4.69) is 61.0 Å². The van der Waals surface area contributed by atoms with E-state index in [0.29, 0.717) is 17.2 Å². The molecule has 6 rings (SSSR count). The van der Waals surface area contributed by atoms with Crippen molar-refractivity contribution in [1.82, 2.24) is 40.0 Å². The number of hydrogen-bond donors (Lipinski definition) is 3. The number of fused-ring (bicyclic) bond motifs is 2. The summed E-state index contributed by atoms with van der Waals surface area (Å²) in [6, 6.07) is 12.2. The lowest BCUT2D eigenvalue weighted by atomic mass is 10.1. The molecule has 0 radical (unpaired) electrons. The Balaban J connectivity index is 1.38. The van der Waals surface area contributed by atoms with Crippen molar-refractivity contribution in [1.29, 1.82) is 0 Å². The molecule has 0 fully saturated rings. The zero-order valence-electron chi connectivity index (χ0n) is 20.7. The molecule has 0 aliphatic carbocycles. The molecule has 0 aromatic carbocycles. The molecule has 10 heteroatoms. The van der Waals surface area contributed by atoms with Crippen LogP contribution >= 0.6 is 11.3 Å². The van der Waals surface area contributed by atoms with Crippen LogP contribution in [-0.4, -0.2) is 60.7 Å². The quantitative estimate of drug-likeness (QED) is 0.262. The SMILES string of the molecule is C=C(CN(C)C)Nc1cncc(-c2ccc3[nH]nc(-c4nc5nccc(-c6ccc(C)s6)c5[nH]4)c3n2)c1. The van der Waals surface area contributed by atoms with E-state index >= 15 is 0 Å². The van der Waals surface area contributed by atoms with E-state index in [-0.39, 0.29) is 0 Å². The van der Waals surface area contributed by atoms with Crippen LogP contribution in [0.5, 0.6) is 0 Å². The van der Waals surface area contributed by atoms with Gasteiger partial charge in [0.05, 0.1) is 28.6 Å². The third kappa shape index (κ3) is 4.48. The molecule has 6 aromatic rings. The highest BCUT2D eigenvalue weighted by Gasteiger charge is 2.18. The highest BCUT2D eigenvalue weighted by atomic mass is 32.1. The zero-order chi connectivity index (χ0) is 25.5. The molecule has 0 amide bonds. The van der Waals surface area contributed by atoms with Crippen LogP contribution in [0.1, 0.15) is 4.88 Å². The molecule has 37 heavy (non-hydrogen) atoms. The minimum absolute atomic E-state index is 0.618. The lowest BCUT2D eigenvalue weighted by Gasteiger charge is -2.14. The smallest absolute Gasteiger partial charge is 0.178 e. The molecular formula is C27H25N9S. The Morgan fingerprint density at radius 3 is 2.81 bits per heavy atom. The summed E-state index contributed by atoms with van der Waals surface area (Å²) in [7, 11) is 4.01. The predicted octanol–water partition coefficient (Wildman–Crippen LogP) is 5.48. The fourth-order valence-electron chi connectivity index (χ4n) is 4.31. The summed E-state index contributed by atoms with van der Waals surface area (Å²) in [6.45, 7) is 6.92. The van der Waals surface area contributed by atoms with E-state index in [1.54, 1.807) is 29.9 Å². The van der Waals surface area contributed by atoms with Gasteiger partial charge in [0.15, 0.2) is 17.2 Å². The standard InChI is InChI=1S/C27H25N9S/c1-15(14-36(3)4)30-18-11-17(12-28-13-18)20-6-7-21-24(31-20)25(35-34-21)27-32-23-19(9-10-29-26(23)33-27)22-8-5-16(2)37-22/h5-13,30H,1,14H2,2-4H3,(H,34,35)(H,29,32,33). The van der Waals surface area contributed by atoms with Crippen LogP contribution < -0.4 is 5.32 Å². The normalized spacial score (nSPS) is 11.6. The van der Waals surface area contributed by atoms with Crippen molar-refractivity contribution in [2.75, 3.05) is 26.0 Å². The zero-order valence-corrected chi connectivity index (χ0v) is 21.5. The van der Waals surface area contributed by atoms with Crippen molar-refractivity contribution in [2.24, 2.45) is 0 Å². The van der Waals surface area contributed by atoms with Gasteiger partial charge in [-0.15, -0.1) is 11.3 Å². The number of H-pyrrole nitrogens is 2. The number of thiophene rings is 1. The molecule has 0 saturated heterocycles. The average molecular weight is 508 g/mol. The maximum Gasteiger partial charge on any atom is 0.178 e. The van der Waals surface area contributed by atoms with E-state index in [1.165, 1.54) is 9.75 Å². The molecule has 0 spiro atoms. The monoisotopic (exact) mass is 507 g/mol. The Hall–Kier alpha value is -4.41. The highest BCUT2D eigenvalue weighted by molar-refractivity contribution is 7.15. The first kappa shape index (κ1) is 23.0. The molecule has 0 atom stereocenters. The number of imidazole rings is 1. The maximum absolute atomic E-state index is 4.93. The predicted molar refractivity (Wildman–Crippen MR) is 149 cm³/mol. The van der Waals surface area contributed by atoms with Crippen LogP contribution in [0, 0.1) is 6.92 Å². The van der Waals surface area contributed by atoms with Gasteiger partial charge in [-0.05, 0) is 57.4 Å². The number of nitrogens with one attached hydrogen (secondary N) is 3. The van der Waals surface area contributed by atoms with E-state index < -0.39 is 0 Å². The van der Waals surface area contributed by atoms with Gasteiger partial charge in [0.2, 0.25) is 0 Å². The summed E-state index contributed by atoms with van der Waals surface area (Å²) in [5.74, 6) is 0.618. The molecule has 184 valence electrons. The lowest BCUT2D eigenvalue weighted by molar-refractivity contribution is 0.447. The van der Waals surface area contributed by atoms with Crippen LogP contribution in [-0.2, 0) is 0 Å². The maximum atomic E-state index is 4.93.